The highest BCUT2D eigenvalue weighted by molar-refractivity contribution is 7.99. The minimum Gasteiger partial charge on any atom is -0.0895 e. The lowest BCUT2D eigenvalue weighted by molar-refractivity contribution is 0.589. The Morgan fingerprint density at radius 2 is 0.800 bits per heavy atom. The Kier molecular flexibility index (Phi) is 7.57. The second-order valence-electron chi connectivity index (χ2n) is 11.6. The van der Waals surface area contributed by atoms with E-state index in [0.29, 0.717) is 0 Å². The van der Waals surface area contributed by atoms with Crippen LogP contribution in [0.2, 0.25) is 0 Å². The topological polar surface area (TPSA) is 0 Å². The third-order valence-electron chi connectivity index (χ3n) is 6.59. The highest BCUT2D eigenvalue weighted by Gasteiger charge is 2.15. The molecule has 0 aliphatic heterocycles. The number of rotatable bonds is 6. The summed E-state index contributed by atoms with van der Waals surface area (Å²) in [5.74, 6) is 0. The van der Waals surface area contributed by atoms with Gasteiger partial charge in [-0.15, -0.1) is 0 Å². The molecule has 0 fully saturated rings. The van der Waals surface area contributed by atoms with Gasteiger partial charge in [-0.25, -0.2) is 0 Å². The largest absolute Gasteiger partial charge is 0.0895 e. The second-order valence-corrected chi connectivity index (χ2v) is 12.6. The third-order valence-corrected chi connectivity index (χ3v) is 7.83. The number of hydrogen-bond donors (Lipinski definition) is 0. The molecule has 0 bridgehead atoms. The molecule has 0 aliphatic rings. The van der Waals surface area contributed by atoms with E-state index in [4.69, 9.17) is 0 Å². The minimum atomic E-state index is 0.184. The van der Waals surface area contributed by atoms with Crippen molar-refractivity contribution in [1.82, 2.24) is 0 Å². The first-order valence-corrected chi connectivity index (χ1v) is 13.4. The predicted octanol–water partition coefficient (Wildman–Crippen LogP) is 9.61. The summed E-state index contributed by atoms with van der Waals surface area (Å²) in [6, 6.07) is 36.0. The van der Waals surface area contributed by atoms with Gasteiger partial charge >= 0.3 is 0 Å². The van der Waals surface area contributed by atoms with E-state index in [2.05, 4.69) is 139 Å². The molecule has 4 aromatic rings. The fourth-order valence-electron chi connectivity index (χ4n) is 4.30. The van der Waals surface area contributed by atoms with Crippen LogP contribution in [0, 0.1) is 0 Å². The molecule has 1 heteroatoms. The summed E-state index contributed by atoms with van der Waals surface area (Å²) in [6.07, 6.45) is 1.90. The smallest absolute Gasteiger partial charge is 0.0157 e. The van der Waals surface area contributed by atoms with Crippen molar-refractivity contribution in [2.45, 2.75) is 75.0 Å². The van der Waals surface area contributed by atoms with Crippen molar-refractivity contribution in [2.24, 2.45) is 0 Å². The zero-order valence-electron chi connectivity index (χ0n) is 22.1. The third kappa shape index (κ3) is 6.67. The zero-order valence-corrected chi connectivity index (χ0v) is 22.9. The standard InChI is InChI=1S/C34H38S/c1-33(2,3)29-19-15-25(16-20-29)23-27-11-7-9-13-31(27)35-32-14-10-8-12-28(32)24-26-17-21-30(22-18-26)34(4,5)6/h7-22H,23-24H2,1-6H3. The van der Waals surface area contributed by atoms with Crippen molar-refractivity contribution in [3.8, 4) is 0 Å². The first kappa shape index (κ1) is 25.3. The molecule has 180 valence electrons. The second kappa shape index (κ2) is 10.5. The molecule has 0 aromatic heterocycles. The van der Waals surface area contributed by atoms with E-state index in [1.807, 2.05) is 11.8 Å². The van der Waals surface area contributed by atoms with Crippen LogP contribution in [0.25, 0.3) is 0 Å². The van der Waals surface area contributed by atoms with Crippen LogP contribution < -0.4 is 0 Å². The Balaban J connectivity index is 1.54. The highest BCUT2D eigenvalue weighted by Crippen LogP contribution is 2.35. The van der Waals surface area contributed by atoms with Crippen molar-refractivity contribution >= 4 is 11.8 Å². The summed E-state index contributed by atoms with van der Waals surface area (Å²) in [5, 5.41) is 0. The monoisotopic (exact) mass is 478 g/mol. The Labute approximate surface area is 216 Å². The molecule has 0 saturated heterocycles. The molecule has 4 rings (SSSR count). The van der Waals surface area contributed by atoms with Gasteiger partial charge in [0.15, 0.2) is 0 Å². The van der Waals surface area contributed by atoms with E-state index in [9.17, 15) is 0 Å². The first-order valence-electron chi connectivity index (χ1n) is 12.6. The molecule has 0 saturated carbocycles. The highest BCUT2D eigenvalue weighted by atomic mass is 32.2. The van der Waals surface area contributed by atoms with Crippen LogP contribution in [0.3, 0.4) is 0 Å². The summed E-state index contributed by atoms with van der Waals surface area (Å²) < 4.78 is 0. The van der Waals surface area contributed by atoms with Crippen LogP contribution in [0.5, 0.6) is 0 Å². The molecule has 0 N–H and O–H groups in total. The van der Waals surface area contributed by atoms with Crippen molar-refractivity contribution in [1.29, 1.82) is 0 Å². The fraction of sp³-hybridized carbons (Fsp3) is 0.294. The van der Waals surface area contributed by atoms with Gasteiger partial charge in [-0.2, -0.15) is 0 Å². The predicted molar refractivity (Wildman–Crippen MR) is 153 cm³/mol. The van der Waals surface area contributed by atoms with Crippen molar-refractivity contribution < 1.29 is 0 Å². The summed E-state index contributed by atoms with van der Waals surface area (Å²) in [7, 11) is 0. The van der Waals surface area contributed by atoms with E-state index in [0.717, 1.165) is 12.8 Å². The van der Waals surface area contributed by atoms with Gasteiger partial charge in [0.1, 0.15) is 0 Å². The molecule has 4 aromatic carbocycles. The van der Waals surface area contributed by atoms with Crippen LogP contribution in [0.1, 0.15) is 74.9 Å². The number of benzene rings is 4. The molecule has 0 heterocycles. The maximum atomic E-state index is 2.29. The lowest BCUT2D eigenvalue weighted by Crippen LogP contribution is -2.10. The molecular formula is C34H38S. The molecule has 0 nitrogen and oxygen atoms in total. The zero-order chi connectivity index (χ0) is 25.1. The lowest BCUT2D eigenvalue weighted by atomic mass is 9.86. The first-order chi connectivity index (χ1) is 16.6. The van der Waals surface area contributed by atoms with Crippen LogP contribution >= 0.6 is 11.8 Å². The average Bonchev–Trinajstić information content (AvgIpc) is 2.81. The molecule has 0 unspecified atom stereocenters. The van der Waals surface area contributed by atoms with E-state index in [-0.39, 0.29) is 10.8 Å². The van der Waals surface area contributed by atoms with Gasteiger partial charge in [0.25, 0.3) is 0 Å². The summed E-state index contributed by atoms with van der Waals surface area (Å²) in [5.41, 5.74) is 8.61. The normalized spacial score (nSPS) is 12.1. The van der Waals surface area contributed by atoms with Crippen molar-refractivity contribution in [2.75, 3.05) is 0 Å². The molecule has 0 amide bonds. The minimum absolute atomic E-state index is 0.184. The van der Waals surface area contributed by atoms with E-state index in [1.54, 1.807) is 0 Å². The Bertz CT molecular complexity index is 1150. The fourth-order valence-corrected chi connectivity index (χ4v) is 5.38. The molecule has 35 heavy (non-hydrogen) atoms. The van der Waals surface area contributed by atoms with Gasteiger partial charge in [-0.05, 0) is 69.2 Å². The van der Waals surface area contributed by atoms with Gasteiger partial charge in [0.05, 0.1) is 0 Å². The van der Waals surface area contributed by atoms with Gasteiger partial charge in [0, 0.05) is 9.79 Å². The van der Waals surface area contributed by atoms with Crippen LogP contribution in [-0.4, -0.2) is 0 Å². The van der Waals surface area contributed by atoms with Gasteiger partial charge in [-0.3, -0.25) is 0 Å². The van der Waals surface area contributed by atoms with E-state index >= 15 is 0 Å². The average molecular weight is 479 g/mol. The van der Waals surface area contributed by atoms with E-state index < -0.39 is 0 Å². The summed E-state index contributed by atoms with van der Waals surface area (Å²) in [6.45, 7) is 13.6. The maximum absolute atomic E-state index is 2.29. The van der Waals surface area contributed by atoms with Crippen LogP contribution in [-0.2, 0) is 23.7 Å². The SMILES string of the molecule is CC(C)(C)c1ccc(Cc2ccccc2Sc2ccccc2Cc2ccc(C(C)(C)C)cc2)cc1. The molecule has 0 radical (unpaired) electrons. The van der Waals surface area contributed by atoms with Gasteiger partial charge in [0.2, 0.25) is 0 Å². The quantitative estimate of drug-likeness (QED) is 0.266. The molecule has 0 aliphatic carbocycles. The molecule has 0 spiro atoms. The number of hydrogen-bond acceptors (Lipinski definition) is 1. The molecular weight excluding hydrogens is 440 g/mol. The maximum Gasteiger partial charge on any atom is 0.0157 e. The van der Waals surface area contributed by atoms with Crippen LogP contribution in [0.4, 0.5) is 0 Å². The van der Waals surface area contributed by atoms with Crippen molar-refractivity contribution in [3.63, 3.8) is 0 Å². The Morgan fingerprint density at radius 1 is 0.457 bits per heavy atom. The van der Waals surface area contributed by atoms with Crippen LogP contribution in [0.15, 0.2) is 107 Å². The van der Waals surface area contributed by atoms with Gasteiger partial charge in [-0.1, -0.05) is 138 Å². The lowest BCUT2D eigenvalue weighted by Gasteiger charge is -2.19. The van der Waals surface area contributed by atoms with E-state index in [1.165, 1.54) is 43.2 Å². The summed E-state index contributed by atoms with van der Waals surface area (Å²) >= 11 is 1.89. The van der Waals surface area contributed by atoms with Crippen molar-refractivity contribution in [3.05, 3.63) is 130 Å². The Hall–Kier alpha value is -2.77. The molecule has 0 atom stereocenters. The summed E-state index contributed by atoms with van der Waals surface area (Å²) in [4.78, 5) is 2.67. The van der Waals surface area contributed by atoms with Gasteiger partial charge < -0.3 is 0 Å². The Morgan fingerprint density at radius 3 is 1.14 bits per heavy atom.